The highest BCUT2D eigenvalue weighted by Gasteiger charge is 2.48. The van der Waals surface area contributed by atoms with Gasteiger partial charge in [-0.05, 0) is 79.4 Å². The molecule has 0 bridgehead atoms. The van der Waals surface area contributed by atoms with Crippen LogP contribution in [0.15, 0.2) is 70.7 Å². The SMILES string of the molecule is CCCOc1ccc(/C(O)=C2\C(=O)C(=O)N(c3nc4c(C)cc(C)cc4s3)C2c2cccc(Br)c2)cc1. The standard InChI is InChI=1S/C29H25BrN2O4S/c1-4-12-36-21-10-8-18(9-11-21)26(33)23-25(19-6-5-7-20(30)15-19)32(28(35)27(23)34)29-31-24-17(3)13-16(2)14-22(24)37-29/h5-11,13-15,25,33H,4,12H2,1-3H3/b26-23+. The summed E-state index contributed by atoms with van der Waals surface area (Å²) in [5.41, 5.74) is 4.03. The highest BCUT2D eigenvalue weighted by Crippen LogP contribution is 2.45. The Morgan fingerprint density at radius 1 is 1.11 bits per heavy atom. The predicted octanol–water partition coefficient (Wildman–Crippen LogP) is 7.09. The third-order valence-electron chi connectivity index (χ3n) is 6.23. The number of aliphatic hydroxyl groups excluding tert-OH is 1. The van der Waals surface area contributed by atoms with Crippen LogP contribution in [-0.2, 0) is 9.59 Å². The molecule has 1 fully saturated rings. The number of amides is 1. The van der Waals surface area contributed by atoms with Crippen molar-refractivity contribution in [2.75, 3.05) is 11.5 Å². The first-order chi connectivity index (χ1) is 17.8. The van der Waals surface area contributed by atoms with Gasteiger partial charge in [0, 0.05) is 10.0 Å². The van der Waals surface area contributed by atoms with Crippen molar-refractivity contribution in [2.45, 2.75) is 33.2 Å². The lowest BCUT2D eigenvalue weighted by molar-refractivity contribution is -0.132. The lowest BCUT2D eigenvalue weighted by atomic mass is 9.95. The average molecular weight is 578 g/mol. The summed E-state index contributed by atoms with van der Waals surface area (Å²) >= 11 is 4.86. The Bertz CT molecular complexity index is 1560. The molecule has 1 aromatic heterocycles. The van der Waals surface area contributed by atoms with Gasteiger partial charge in [0.15, 0.2) is 5.13 Å². The number of nitrogens with zero attached hydrogens (tertiary/aromatic N) is 2. The smallest absolute Gasteiger partial charge is 0.301 e. The van der Waals surface area contributed by atoms with E-state index in [2.05, 4.69) is 15.9 Å². The van der Waals surface area contributed by atoms with Crippen molar-refractivity contribution in [1.82, 2.24) is 4.98 Å². The molecule has 37 heavy (non-hydrogen) atoms. The topological polar surface area (TPSA) is 79.7 Å². The fraction of sp³-hybridized carbons (Fsp3) is 0.207. The van der Waals surface area contributed by atoms with Gasteiger partial charge in [0.05, 0.1) is 28.4 Å². The zero-order chi connectivity index (χ0) is 26.3. The number of carbonyl (C=O) groups excluding carboxylic acids is 2. The van der Waals surface area contributed by atoms with E-state index in [9.17, 15) is 14.7 Å². The fourth-order valence-electron chi connectivity index (χ4n) is 4.57. The molecule has 5 rings (SSSR count). The van der Waals surface area contributed by atoms with Crippen molar-refractivity contribution >= 4 is 60.1 Å². The van der Waals surface area contributed by atoms with E-state index in [4.69, 9.17) is 9.72 Å². The summed E-state index contributed by atoms with van der Waals surface area (Å²) < 4.78 is 7.37. The molecule has 0 spiro atoms. The van der Waals surface area contributed by atoms with Gasteiger partial charge in [0.1, 0.15) is 11.5 Å². The summed E-state index contributed by atoms with van der Waals surface area (Å²) in [6.45, 7) is 6.60. The molecule has 1 saturated heterocycles. The number of benzene rings is 3. The van der Waals surface area contributed by atoms with E-state index in [1.54, 1.807) is 24.3 Å². The van der Waals surface area contributed by atoms with Crippen LogP contribution in [0.4, 0.5) is 5.13 Å². The summed E-state index contributed by atoms with van der Waals surface area (Å²) in [5, 5.41) is 11.8. The number of fused-ring (bicyclic) bond motifs is 1. The maximum Gasteiger partial charge on any atom is 0.301 e. The number of aromatic nitrogens is 1. The van der Waals surface area contributed by atoms with Crippen molar-refractivity contribution in [3.63, 3.8) is 0 Å². The van der Waals surface area contributed by atoms with E-state index in [0.717, 1.165) is 32.2 Å². The first-order valence-electron chi connectivity index (χ1n) is 12.0. The molecule has 4 aromatic rings. The Labute approximate surface area is 227 Å². The van der Waals surface area contributed by atoms with Crippen LogP contribution in [0, 0.1) is 13.8 Å². The number of hydrogen-bond donors (Lipinski definition) is 1. The Morgan fingerprint density at radius 3 is 2.57 bits per heavy atom. The summed E-state index contributed by atoms with van der Waals surface area (Å²) in [6, 6.07) is 17.5. The second kappa shape index (κ2) is 10.1. The molecule has 0 radical (unpaired) electrons. The van der Waals surface area contributed by atoms with Gasteiger partial charge in [-0.3, -0.25) is 14.5 Å². The van der Waals surface area contributed by atoms with Crippen LogP contribution in [0.1, 0.15) is 41.6 Å². The zero-order valence-corrected chi connectivity index (χ0v) is 23.0. The van der Waals surface area contributed by atoms with E-state index in [1.807, 2.05) is 57.2 Å². The first-order valence-corrected chi connectivity index (χ1v) is 13.6. The first kappa shape index (κ1) is 25.2. The number of halogens is 1. The Hall–Kier alpha value is -3.49. The largest absolute Gasteiger partial charge is 0.507 e. The number of aryl methyl sites for hydroxylation is 2. The summed E-state index contributed by atoms with van der Waals surface area (Å²) in [6.07, 6.45) is 0.878. The fourth-order valence-corrected chi connectivity index (χ4v) is 6.15. The van der Waals surface area contributed by atoms with Gasteiger partial charge in [-0.2, -0.15) is 0 Å². The monoisotopic (exact) mass is 576 g/mol. The number of ketones is 1. The number of carbonyl (C=O) groups is 2. The van der Waals surface area contributed by atoms with Gasteiger partial charge in [-0.15, -0.1) is 0 Å². The number of hydrogen-bond acceptors (Lipinski definition) is 6. The molecule has 1 N–H and O–H groups in total. The lowest BCUT2D eigenvalue weighted by Gasteiger charge is -2.23. The summed E-state index contributed by atoms with van der Waals surface area (Å²) in [7, 11) is 0. The molecule has 188 valence electrons. The van der Waals surface area contributed by atoms with Crippen LogP contribution >= 0.6 is 27.3 Å². The van der Waals surface area contributed by atoms with Crippen LogP contribution in [0.3, 0.4) is 0 Å². The van der Waals surface area contributed by atoms with Gasteiger partial charge in [-0.25, -0.2) is 4.98 Å². The van der Waals surface area contributed by atoms with Crippen LogP contribution in [0.5, 0.6) is 5.75 Å². The summed E-state index contributed by atoms with van der Waals surface area (Å²) in [4.78, 5) is 33.1. The number of ether oxygens (including phenoxy) is 1. The van der Waals surface area contributed by atoms with Gasteiger partial charge in [0.25, 0.3) is 5.78 Å². The molecular weight excluding hydrogens is 552 g/mol. The van der Waals surface area contributed by atoms with E-state index in [1.165, 1.54) is 16.2 Å². The second-order valence-corrected chi connectivity index (χ2v) is 10.9. The van der Waals surface area contributed by atoms with Crippen molar-refractivity contribution in [2.24, 2.45) is 0 Å². The van der Waals surface area contributed by atoms with Gasteiger partial charge in [-0.1, -0.05) is 52.4 Å². The van der Waals surface area contributed by atoms with Crippen LogP contribution in [0.2, 0.25) is 0 Å². The molecule has 6 nitrogen and oxygen atoms in total. The number of anilines is 1. The molecular formula is C29H25BrN2O4S. The minimum absolute atomic E-state index is 0.0254. The minimum Gasteiger partial charge on any atom is -0.507 e. The number of Topliss-reactive ketones (excluding diaryl/α,β-unsaturated/α-hetero) is 1. The number of rotatable bonds is 6. The summed E-state index contributed by atoms with van der Waals surface area (Å²) in [5.74, 6) is -1.03. The molecule has 2 heterocycles. The second-order valence-electron chi connectivity index (χ2n) is 9.02. The third-order valence-corrected chi connectivity index (χ3v) is 7.73. The molecule has 0 aliphatic carbocycles. The lowest BCUT2D eigenvalue weighted by Crippen LogP contribution is -2.29. The van der Waals surface area contributed by atoms with E-state index < -0.39 is 17.7 Å². The van der Waals surface area contributed by atoms with Crippen LogP contribution in [-0.4, -0.2) is 28.4 Å². The molecule has 1 atom stereocenters. The highest BCUT2D eigenvalue weighted by molar-refractivity contribution is 9.10. The quantitative estimate of drug-likeness (QED) is 0.150. The van der Waals surface area contributed by atoms with E-state index in [-0.39, 0.29) is 11.3 Å². The van der Waals surface area contributed by atoms with Crippen molar-refractivity contribution in [1.29, 1.82) is 0 Å². The zero-order valence-electron chi connectivity index (χ0n) is 20.6. The average Bonchev–Trinajstić information content (AvgIpc) is 3.41. The molecule has 1 amide bonds. The van der Waals surface area contributed by atoms with E-state index in [0.29, 0.717) is 28.6 Å². The maximum atomic E-state index is 13.5. The third kappa shape index (κ3) is 4.67. The number of aliphatic hydroxyl groups is 1. The maximum absolute atomic E-state index is 13.5. The molecule has 8 heteroatoms. The van der Waals surface area contributed by atoms with Crippen molar-refractivity contribution in [3.8, 4) is 5.75 Å². The van der Waals surface area contributed by atoms with Crippen molar-refractivity contribution in [3.05, 3.63) is 93.0 Å². The molecule has 1 aliphatic heterocycles. The molecule has 0 saturated carbocycles. The molecule has 1 unspecified atom stereocenters. The van der Waals surface area contributed by atoms with Gasteiger partial charge >= 0.3 is 5.91 Å². The van der Waals surface area contributed by atoms with Crippen LogP contribution in [0.25, 0.3) is 16.0 Å². The van der Waals surface area contributed by atoms with Gasteiger partial charge in [0.2, 0.25) is 0 Å². The normalized spacial score (nSPS) is 17.1. The Balaban J connectivity index is 1.67. The predicted molar refractivity (Wildman–Crippen MR) is 150 cm³/mol. The van der Waals surface area contributed by atoms with Crippen LogP contribution < -0.4 is 9.64 Å². The molecule has 1 aliphatic rings. The van der Waals surface area contributed by atoms with Gasteiger partial charge < -0.3 is 9.84 Å². The Kier molecular flexibility index (Phi) is 6.88. The molecule has 3 aromatic carbocycles. The highest BCUT2D eigenvalue weighted by atomic mass is 79.9. The minimum atomic E-state index is -0.838. The number of thiazole rings is 1. The van der Waals surface area contributed by atoms with Crippen molar-refractivity contribution < 1.29 is 19.4 Å². The Morgan fingerprint density at radius 2 is 1.86 bits per heavy atom. The van der Waals surface area contributed by atoms with E-state index >= 15 is 0 Å².